The maximum absolute atomic E-state index is 13.0. The van der Waals surface area contributed by atoms with Crippen molar-refractivity contribution in [2.75, 3.05) is 7.11 Å². The molecule has 7 nitrogen and oxygen atoms in total. The van der Waals surface area contributed by atoms with Crippen LogP contribution in [-0.2, 0) is 14.3 Å². The fourth-order valence-electron chi connectivity index (χ4n) is 3.09. The summed E-state index contributed by atoms with van der Waals surface area (Å²) in [7, 11) is 1.28. The van der Waals surface area contributed by atoms with Gasteiger partial charge in [-0.15, -0.1) is 0 Å². The summed E-state index contributed by atoms with van der Waals surface area (Å²) >= 11 is 6.29. The first kappa shape index (κ1) is 22.5. The van der Waals surface area contributed by atoms with Gasteiger partial charge in [-0.3, -0.25) is 9.59 Å². The summed E-state index contributed by atoms with van der Waals surface area (Å²) in [5.74, 6) is -1.46. The van der Waals surface area contributed by atoms with Gasteiger partial charge in [-0.25, -0.2) is 4.79 Å². The van der Waals surface area contributed by atoms with Gasteiger partial charge in [-0.1, -0.05) is 29.8 Å². The van der Waals surface area contributed by atoms with Gasteiger partial charge < -0.3 is 19.8 Å². The minimum atomic E-state index is -0.702. The highest BCUT2D eigenvalue weighted by Crippen LogP contribution is 2.27. The van der Waals surface area contributed by atoms with Gasteiger partial charge >= 0.3 is 11.9 Å². The Morgan fingerprint density at radius 2 is 1.83 bits per heavy atom. The maximum Gasteiger partial charge on any atom is 0.339 e. The summed E-state index contributed by atoms with van der Waals surface area (Å²) in [6.07, 6.45) is -0.364. The van der Waals surface area contributed by atoms with Crippen LogP contribution < -0.4 is 5.32 Å². The van der Waals surface area contributed by atoms with Crippen molar-refractivity contribution < 1.29 is 23.9 Å². The number of halogens is 1. The van der Waals surface area contributed by atoms with Crippen molar-refractivity contribution in [2.24, 2.45) is 0 Å². The van der Waals surface area contributed by atoms with Crippen LogP contribution >= 0.6 is 11.6 Å². The normalized spacial score (nSPS) is 11.8. The highest BCUT2D eigenvalue weighted by Gasteiger charge is 2.26. The highest BCUT2D eigenvalue weighted by molar-refractivity contribution is 6.31. The smallest absolute Gasteiger partial charge is 0.339 e. The molecule has 0 saturated carbocycles. The van der Waals surface area contributed by atoms with Crippen molar-refractivity contribution in [3.05, 3.63) is 57.4 Å². The Labute approximate surface area is 174 Å². The molecule has 29 heavy (non-hydrogen) atoms. The lowest BCUT2D eigenvalue weighted by Gasteiger charge is -2.20. The number of ether oxygens (including phenoxy) is 2. The quantitative estimate of drug-likeness (QED) is 0.662. The zero-order valence-electron chi connectivity index (χ0n) is 17.1. The Morgan fingerprint density at radius 3 is 2.41 bits per heavy atom. The van der Waals surface area contributed by atoms with E-state index in [2.05, 4.69) is 10.3 Å². The zero-order chi connectivity index (χ0) is 21.7. The van der Waals surface area contributed by atoms with Crippen LogP contribution in [0.15, 0.2) is 24.3 Å². The topological polar surface area (TPSA) is 97.5 Å². The number of nitrogens with one attached hydrogen (secondary N) is 2. The van der Waals surface area contributed by atoms with E-state index in [1.165, 1.54) is 7.11 Å². The lowest BCUT2D eigenvalue weighted by Crippen LogP contribution is -2.32. The maximum atomic E-state index is 13.0. The van der Waals surface area contributed by atoms with E-state index in [4.69, 9.17) is 21.1 Å². The average molecular weight is 421 g/mol. The van der Waals surface area contributed by atoms with Crippen molar-refractivity contribution in [3.63, 3.8) is 0 Å². The van der Waals surface area contributed by atoms with E-state index in [1.54, 1.807) is 52.0 Å². The molecule has 0 aliphatic heterocycles. The molecule has 0 aliphatic rings. The minimum Gasteiger partial charge on any atom is -0.465 e. The number of rotatable bonds is 7. The van der Waals surface area contributed by atoms with Crippen LogP contribution in [0.4, 0.5) is 0 Å². The third kappa shape index (κ3) is 5.38. The highest BCUT2D eigenvalue weighted by atomic mass is 35.5. The molecule has 0 radical (unpaired) electrons. The molecule has 1 aromatic heterocycles. The minimum absolute atomic E-state index is 0.0871. The Kier molecular flexibility index (Phi) is 7.45. The molecule has 1 amide bonds. The van der Waals surface area contributed by atoms with Crippen LogP contribution in [0, 0.1) is 13.8 Å². The average Bonchev–Trinajstić information content (AvgIpc) is 2.94. The molecule has 1 atom stereocenters. The Balaban J connectivity index is 2.34. The van der Waals surface area contributed by atoms with Crippen molar-refractivity contribution in [1.29, 1.82) is 0 Å². The summed E-state index contributed by atoms with van der Waals surface area (Å²) in [5.41, 5.74) is 2.11. The van der Waals surface area contributed by atoms with Crippen LogP contribution in [-0.4, -0.2) is 36.0 Å². The summed E-state index contributed by atoms with van der Waals surface area (Å²) in [4.78, 5) is 40.1. The third-order valence-corrected chi connectivity index (χ3v) is 4.72. The molecule has 156 valence electrons. The molecule has 0 bridgehead atoms. The number of benzene rings is 1. The van der Waals surface area contributed by atoms with E-state index < -0.39 is 23.9 Å². The van der Waals surface area contributed by atoms with Gasteiger partial charge in [0.1, 0.15) is 5.69 Å². The number of carbonyl (C=O) groups is 3. The Bertz CT molecular complexity index is 920. The second kappa shape index (κ2) is 9.60. The largest absolute Gasteiger partial charge is 0.465 e. The first-order valence-electron chi connectivity index (χ1n) is 9.17. The Hall–Kier alpha value is -2.80. The number of esters is 2. The summed E-state index contributed by atoms with van der Waals surface area (Å²) in [6.45, 7) is 6.84. The predicted molar refractivity (Wildman–Crippen MR) is 109 cm³/mol. The monoisotopic (exact) mass is 420 g/mol. The predicted octanol–water partition coefficient (Wildman–Crippen LogP) is 3.88. The van der Waals surface area contributed by atoms with Gasteiger partial charge in [0.15, 0.2) is 0 Å². The van der Waals surface area contributed by atoms with E-state index in [9.17, 15) is 14.4 Å². The van der Waals surface area contributed by atoms with Crippen LogP contribution in [0.1, 0.15) is 64.0 Å². The molecule has 2 N–H and O–H groups in total. The number of carbonyl (C=O) groups excluding carboxylic acids is 3. The molecular weight excluding hydrogens is 396 g/mol. The number of hydrogen-bond donors (Lipinski definition) is 2. The molecule has 0 aliphatic carbocycles. The fourth-order valence-corrected chi connectivity index (χ4v) is 3.36. The molecule has 1 heterocycles. The van der Waals surface area contributed by atoms with E-state index in [1.807, 2.05) is 0 Å². The molecule has 2 rings (SSSR count). The molecule has 1 unspecified atom stereocenters. The standard InChI is InChI=1S/C21H25ClN2O5/c1-11(2)29-17(25)10-16(14-8-6-7-9-15(14)22)24-20(26)19-12(3)18(13(4)23-19)21(27)28-5/h6-9,11,16,23H,10H2,1-5H3,(H,24,26). The first-order chi connectivity index (χ1) is 13.6. The molecule has 0 saturated heterocycles. The number of methoxy groups -OCH3 is 1. The summed E-state index contributed by atoms with van der Waals surface area (Å²) in [6, 6.07) is 6.25. The second-order valence-corrected chi connectivity index (χ2v) is 7.31. The second-order valence-electron chi connectivity index (χ2n) is 6.91. The SMILES string of the molecule is COC(=O)c1c(C)[nH]c(C(=O)NC(CC(=O)OC(C)C)c2ccccc2Cl)c1C. The number of aromatic nitrogens is 1. The van der Waals surface area contributed by atoms with E-state index in [-0.39, 0.29) is 18.2 Å². The first-order valence-corrected chi connectivity index (χ1v) is 9.55. The number of H-pyrrole nitrogens is 1. The molecule has 8 heteroatoms. The van der Waals surface area contributed by atoms with E-state index in [0.29, 0.717) is 27.4 Å². The molecule has 1 aromatic carbocycles. The third-order valence-electron chi connectivity index (χ3n) is 4.38. The fraction of sp³-hybridized carbons (Fsp3) is 0.381. The molecule has 0 spiro atoms. The van der Waals surface area contributed by atoms with Crippen molar-refractivity contribution >= 4 is 29.4 Å². The lowest BCUT2D eigenvalue weighted by molar-refractivity contribution is -0.147. The molecular formula is C21H25ClN2O5. The molecule has 0 fully saturated rings. The number of amides is 1. The summed E-state index contributed by atoms with van der Waals surface area (Å²) < 4.78 is 10.00. The van der Waals surface area contributed by atoms with Crippen molar-refractivity contribution in [3.8, 4) is 0 Å². The van der Waals surface area contributed by atoms with Crippen molar-refractivity contribution in [1.82, 2.24) is 10.3 Å². The van der Waals surface area contributed by atoms with Gasteiger partial charge in [-0.2, -0.15) is 0 Å². The van der Waals surface area contributed by atoms with Crippen LogP contribution in [0.25, 0.3) is 0 Å². The van der Waals surface area contributed by atoms with Gasteiger partial charge in [0.05, 0.1) is 31.2 Å². The van der Waals surface area contributed by atoms with Gasteiger partial charge in [0.2, 0.25) is 0 Å². The molecule has 2 aromatic rings. The Morgan fingerprint density at radius 1 is 1.17 bits per heavy atom. The summed E-state index contributed by atoms with van der Waals surface area (Å²) in [5, 5.41) is 3.25. The van der Waals surface area contributed by atoms with E-state index in [0.717, 1.165) is 0 Å². The van der Waals surface area contributed by atoms with Gasteiger partial charge in [0.25, 0.3) is 5.91 Å². The number of aromatic amines is 1. The van der Waals surface area contributed by atoms with Crippen LogP contribution in [0.3, 0.4) is 0 Å². The van der Waals surface area contributed by atoms with Crippen molar-refractivity contribution in [2.45, 2.75) is 46.3 Å². The number of hydrogen-bond acceptors (Lipinski definition) is 5. The lowest BCUT2D eigenvalue weighted by atomic mass is 10.0. The zero-order valence-corrected chi connectivity index (χ0v) is 17.8. The van der Waals surface area contributed by atoms with E-state index >= 15 is 0 Å². The van der Waals surface area contributed by atoms with Gasteiger partial charge in [0, 0.05) is 10.7 Å². The van der Waals surface area contributed by atoms with Crippen LogP contribution in [0.2, 0.25) is 5.02 Å². The number of aryl methyl sites for hydroxylation is 1. The van der Waals surface area contributed by atoms with Crippen LogP contribution in [0.5, 0.6) is 0 Å². The van der Waals surface area contributed by atoms with Gasteiger partial charge in [-0.05, 0) is 44.9 Å².